The Balaban J connectivity index is 2.97. The molecule has 3 amide bonds. The highest BCUT2D eigenvalue weighted by Gasteiger charge is 2.40. The molecule has 0 aromatic carbocycles. The van der Waals surface area contributed by atoms with Gasteiger partial charge in [0.05, 0.1) is 12.2 Å². The first-order valence-electron chi connectivity index (χ1n) is 10.1. The van der Waals surface area contributed by atoms with Crippen LogP contribution in [0.15, 0.2) is 0 Å². The number of likely N-dealkylation sites (tertiary alicyclic amines) is 1. The van der Waals surface area contributed by atoms with E-state index >= 15 is 0 Å². The van der Waals surface area contributed by atoms with E-state index in [2.05, 4.69) is 10.6 Å². The van der Waals surface area contributed by atoms with Gasteiger partial charge in [-0.25, -0.2) is 4.79 Å². The average Bonchev–Trinajstić information content (AvgIpc) is 3.12. The van der Waals surface area contributed by atoms with E-state index in [1.165, 1.54) is 18.7 Å². The quantitative estimate of drug-likeness (QED) is 0.234. The molecular weight excluding hydrogens is 396 g/mol. The first-order chi connectivity index (χ1) is 13.9. The van der Waals surface area contributed by atoms with Crippen molar-refractivity contribution in [2.24, 2.45) is 11.7 Å². The lowest BCUT2D eigenvalue weighted by atomic mass is 10.0. The van der Waals surface area contributed by atoms with Crippen LogP contribution in [0.4, 0.5) is 0 Å². The van der Waals surface area contributed by atoms with E-state index in [1.807, 2.05) is 13.8 Å². The van der Waals surface area contributed by atoms with E-state index in [1.54, 1.807) is 0 Å². The average molecular weight is 431 g/mol. The molecule has 1 heterocycles. The molecule has 1 rings (SSSR count). The highest BCUT2D eigenvalue weighted by Crippen LogP contribution is 2.21. The van der Waals surface area contributed by atoms with Crippen LogP contribution in [0, 0.1) is 5.92 Å². The number of aliphatic hydroxyl groups is 2. The summed E-state index contributed by atoms with van der Waals surface area (Å²) in [6.07, 6.45) is -1.25. The van der Waals surface area contributed by atoms with Gasteiger partial charge in [-0.15, -0.1) is 0 Å². The van der Waals surface area contributed by atoms with E-state index in [9.17, 15) is 29.4 Å². The number of carboxylic acid groups (broad SMARTS) is 1. The topological polar surface area (TPSA) is 182 Å². The Morgan fingerprint density at radius 2 is 1.67 bits per heavy atom. The summed E-state index contributed by atoms with van der Waals surface area (Å²) < 4.78 is 0. The summed E-state index contributed by atoms with van der Waals surface area (Å²) in [5, 5.41) is 33.1. The largest absolute Gasteiger partial charge is 0.480 e. The predicted molar refractivity (Wildman–Crippen MR) is 107 cm³/mol. The molecule has 0 aliphatic carbocycles. The molecule has 0 bridgehead atoms. The molecule has 0 aromatic rings. The Labute approximate surface area is 176 Å². The van der Waals surface area contributed by atoms with E-state index < -0.39 is 60.1 Å². The fraction of sp³-hybridized carbons (Fsp3) is 0.789. The standard InChI is InChI=1S/C19H34N4O7/c1-9(2)8-12(21-17(27)14(20)10(3)24)18(28)23-7-5-6-13(23)16(26)22-15(11(4)25)19(29)30/h9-15,24-25H,5-8,20H2,1-4H3,(H,21,27)(H,22,26)(H,29,30). The van der Waals surface area contributed by atoms with Gasteiger partial charge in [-0.3, -0.25) is 14.4 Å². The Kier molecular flexibility index (Phi) is 9.66. The normalized spacial score (nSPS) is 21.5. The van der Waals surface area contributed by atoms with Crippen molar-refractivity contribution >= 4 is 23.7 Å². The molecule has 172 valence electrons. The van der Waals surface area contributed by atoms with E-state index in [4.69, 9.17) is 10.8 Å². The third-order valence-corrected chi connectivity index (χ3v) is 5.03. The van der Waals surface area contributed by atoms with Gasteiger partial charge in [-0.05, 0) is 39.0 Å². The molecule has 6 atom stereocenters. The Morgan fingerprint density at radius 3 is 2.13 bits per heavy atom. The number of hydrogen-bond donors (Lipinski definition) is 6. The second-order valence-electron chi connectivity index (χ2n) is 8.21. The maximum absolute atomic E-state index is 13.1. The van der Waals surface area contributed by atoms with Gasteiger partial charge in [0.25, 0.3) is 0 Å². The molecule has 1 aliphatic rings. The van der Waals surface area contributed by atoms with Crippen molar-refractivity contribution in [1.29, 1.82) is 0 Å². The number of nitrogens with two attached hydrogens (primary N) is 1. The van der Waals surface area contributed by atoms with Crippen LogP contribution >= 0.6 is 0 Å². The van der Waals surface area contributed by atoms with Crippen molar-refractivity contribution in [3.8, 4) is 0 Å². The summed E-state index contributed by atoms with van der Waals surface area (Å²) in [5.41, 5.74) is 5.65. The van der Waals surface area contributed by atoms with Gasteiger partial charge >= 0.3 is 5.97 Å². The Bertz CT molecular complexity index is 638. The van der Waals surface area contributed by atoms with Crippen LogP contribution in [0.3, 0.4) is 0 Å². The molecule has 6 unspecified atom stereocenters. The van der Waals surface area contributed by atoms with Gasteiger partial charge in [0.2, 0.25) is 17.7 Å². The second kappa shape index (κ2) is 11.2. The molecular formula is C19H34N4O7. The molecule has 7 N–H and O–H groups in total. The minimum Gasteiger partial charge on any atom is -0.480 e. The number of aliphatic hydroxyl groups excluding tert-OH is 2. The van der Waals surface area contributed by atoms with Gasteiger partial charge in [0.1, 0.15) is 18.1 Å². The van der Waals surface area contributed by atoms with Crippen molar-refractivity contribution in [2.75, 3.05) is 6.54 Å². The molecule has 1 saturated heterocycles. The second-order valence-corrected chi connectivity index (χ2v) is 8.21. The lowest BCUT2D eigenvalue weighted by molar-refractivity contribution is -0.147. The monoisotopic (exact) mass is 430 g/mol. The summed E-state index contributed by atoms with van der Waals surface area (Å²) in [5.74, 6) is -3.17. The molecule has 0 aromatic heterocycles. The number of amides is 3. The van der Waals surface area contributed by atoms with Crippen LogP contribution < -0.4 is 16.4 Å². The minimum atomic E-state index is -1.50. The van der Waals surface area contributed by atoms with E-state index in [0.717, 1.165) is 0 Å². The Hall–Kier alpha value is -2.24. The van der Waals surface area contributed by atoms with Crippen LogP contribution in [0.1, 0.15) is 47.0 Å². The van der Waals surface area contributed by atoms with Gasteiger partial charge in [-0.1, -0.05) is 13.8 Å². The molecule has 0 radical (unpaired) electrons. The van der Waals surface area contributed by atoms with Crippen LogP contribution in [0.2, 0.25) is 0 Å². The predicted octanol–water partition coefficient (Wildman–Crippen LogP) is -1.83. The highest BCUT2D eigenvalue weighted by molar-refractivity contribution is 5.94. The number of aliphatic carboxylic acids is 1. The number of hydrogen-bond acceptors (Lipinski definition) is 7. The Morgan fingerprint density at radius 1 is 1.07 bits per heavy atom. The van der Waals surface area contributed by atoms with Crippen LogP contribution in [-0.4, -0.2) is 86.8 Å². The summed E-state index contributed by atoms with van der Waals surface area (Å²) in [6, 6.07) is -4.55. The molecule has 1 fully saturated rings. The number of carboxylic acids is 1. The fourth-order valence-electron chi connectivity index (χ4n) is 3.32. The number of carbonyl (C=O) groups excluding carboxylic acids is 3. The van der Waals surface area contributed by atoms with Gasteiger partial charge in [0.15, 0.2) is 6.04 Å². The summed E-state index contributed by atoms with van der Waals surface area (Å²) in [6.45, 7) is 6.63. The molecule has 0 spiro atoms. The van der Waals surface area contributed by atoms with Crippen molar-refractivity contribution in [3.63, 3.8) is 0 Å². The fourth-order valence-corrected chi connectivity index (χ4v) is 3.32. The van der Waals surface area contributed by atoms with Crippen LogP contribution in [-0.2, 0) is 19.2 Å². The first kappa shape index (κ1) is 25.8. The highest BCUT2D eigenvalue weighted by atomic mass is 16.4. The number of nitrogens with one attached hydrogen (secondary N) is 2. The van der Waals surface area contributed by atoms with Gasteiger partial charge in [-0.2, -0.15) is 0 Å². The van der Waals surface area contributed by atoms with Crippen molar-refractivity contribution in [3.05, 3.63) is 0 Å². The zero-order valence-corrected chi connectivity index (χ0v) is 17.9. The van der Waals surface area contributed by atoms with Crippen molar-refractivity contribution < 1.29 is 34.5 Å². The summed E-state index contributed by atoms with van der Waals surface area (Å²) in [4.78, 5) is 50.6. The SMILES string of the molecule is CC(C)CC(NC(=O)C(N)C(C)O)C(=O)N1CCCC1C(=O)NC(C(=O)O)C(C)O. The molecule has 0 saturated carbocycles. The van der Waals surface area contributed by atoms with Gasteiger partial charge in [0, 0.05) is 6.54 Å². The van der Waals surface area contributed by atoms with Gasteiger partial charge < -0.3 is 36.6 Å². The zero-order chi connectivity index (χ0) is 23.2. The zero-order valence-electron chi connectivity index (χ0n) is 17.9. The maximum Gasteiger partial charge on any atom is 0.328 e. The lowest BCUT2D eigenvalue weighted by Crippen LogP contribution is -2.58. The number of nitrogens with zero attached hydrogens (tertiary/aromatic N) is 1. The summed E-state index contributed by atoms with van der Waals surface area (Å²) in [7, 11) is 0. The minimum absolute atomic E-state index is 0.0449. The number of carbonyl (C=O) groups is 4. The lowest BCUT2D eigenvalue weighted by Gasteiger charge is -2.31. The molecule has 11 nitrogen and oxygen atoms in total. The smallest absolute Gasteiger partial charge is 0.328 e. The third kappa shape index (κ3) is 6.92. The van der Waals surface area contributed by atoms with Crippen LogP contribution in [0.25, 0.3) is 0 Å². The van der Waals surface area contributed by atoms with Crippen molar-refractivity contribution in [2.45, 2.75) is 83.3 Å². The van der Waals surface area contributed by atoms with Crippen LogP contribution in [0.5, 0.6) is 0 Å². The third-order valence-electron chi connectivity index (χ3n) is 5.03. The summed E-state index contributed by atoms with van der Waals surface area (Å²) >= 11 is 0. The maximum atomic E-state index is 13.1. The van der Waals surface area contributed by atoms with E-state index in [-0.39, 0.29) is 12.5 Å². The van der Waals surface area contributed by atoms with Crippen molar-refractivity contribution in [1.82, 2.24) is 15.5 Å². The molecule has 30 heavy (non-hydrogen) atoms. The molecule has 1 aliphatic heterocycles. The number of rotatable bonds is 10. The van der Waals surface area contributed by atoms with E-state index in [0.29, 0.717) is 19.3 Å². The molecule has 11 heteroatoms. The first-order valence-corrected chi connectivity index (χ1v) is 10.1.